The van der Waals surface area contributed by atoms with Gasteiger partial charge in [0.05, 0.1) is 19.9 Å². The molecule has 0 radical (unpaired) electrons. The molecule has 1 aliphatic rings. The molecule has 8 heteroatoms. The van der Waals surface area contributed by atoms with Crippen LogP contribution in [0.2, 0.25) is 0 Å². The molecule has 0 bridgehead atoms. The zero-order valence-corrected chi connectivity index (χ0v) is 19.1. The number of ether oxygens (including phenoxy) is 2. The highest BCUT2D eigenvalue weighted by atomic mass is 16.5. The van der Waals surface area contributed by atoms with Gasteiger partial charge in [0.25, 0.3) is 5.91 Å². The fourth-order valence-electron chi connectivity index (χ4n) is 3.66. The molecule has 174 valence electrons. The molecule has 34 heavy (non-hydrogen) atoms. The third-order valence-electron chi connectivity index (χ3n) is 5.55. The van der Waals surface area contributed by atoms with Crippen LogP contribution in [-0.2, 0) is 16.0 Å². The molecule has 2 heterocycles. The monoisotopic (exact) mass is 458 g/mol. The average molecular weight is 459 g/mol. The number of hydrogen-bond donors (Lipinski definition) is 2. The van der Waals surface area contributed by atoms with Gasteiger partial charge in [0.1, 0.15) is 17.2 Å². The van der Waals surface area contributed by atoms with Crippen LogP contribution >= 0.6 is 0 Å². The summed E-state index contributed by atoms with van der Waals surface area (Å²) in [7, 11) is 3.28. The van der Waals surface area contributed by atoms with E-state index in [0.717, 1.165) is 39.6 Å². The molecule has 0 spiro atoms. The minimum Gasteiger partial charge on any atom is -0.497 e. The minimum absolute atomic E-state index is 0.177. The first-order valence-corrected chi connectivity index (χ1v) is 11.0. The van der Waals surface area contributed by atoms with Crippen molar-refractivity contribution in [3.05, 3.63) is 66.4 Å². The summed E-state index contributed by atoms with van der Waals surface area (Å²) in [5.41, 5.74) is 7.35. The Morgan fingerprint density at radius 3 is 2.15 bits per heavy atom. The van der Waals surface area contributed by atoms with Crippen LogP contribution in [0.4, 0.5) is 0 Å². The highest BCUT2D eigenvalue weighted by Crippen LogP contribution is 2.32. The molecule has 0 aliphatic carbocycles. The summed E-state index contributed by atoms with van der Waals surface area (Å²) < 4.78 is 10.6. The van der Waals surface area contributed by atoms with Crippen LogP contribution in [-0.4, -0.2) is 43.3 Å². The average Bonchev–Trinajstić information content (AvgIpc) is 2.89. The Morgan fingerprint density at radius 1 is 0.912 bits per heavy atom. The number of methoxy groups -OCH3 is 2. The first-order valence-electron chi connectivity index (χ1n) is 11.0. The van der Waals surface area contributed by atoms with Crippen LogP contribution in [0.15, 0.2) is 65.8 Å². The Labute approximate surface area is 198 Å². The topological polar surface area (TPSA) is 102 Å². The van der Waals surface area contributed by atoms with Crippen molar-refractivity contribution in [2.75, 3.05) is 20.8 Å². The molecule has 1 aromatic heterocycles. The van der Waals surface area contributed by atoms with Gasteiger partial charge in [-0.1, -0.05) is 18.2 Å². The van der Waals surface area contributed by atoms with Gasteiger partial charge in [-0.25, -0.2) is 5.43 Å². The van der Waals surface area contributed by atoms with Gasteiger partial charge in [-0.2, -0.15) is 5.10 Å². The summed E-state index contributed by atoms with van der Waals surface area (Å²) in [5.74, 6) is 1.11. The highest BCUT2D eigenvalue weighted by molar-refractivity contribution is 6.39. The van der Waals surface area contributed by atoms with Crippen molar-refractivity contribution < 1.29 is 19.1 Å². The molecule has 0 saturated carbocycles. The third kappa shape index (κ3) is 5.40. The van der Waals surface area contributed by atoms with Gasteiger partial charge in [0.15, 0.2) is 0 Å². The predicted octanol–water partition coefficient (Wildman–Crippen LogP) is 3.36. The van der Waals surface area contributed by atoms with E-state index in [4.69, 9.17) is 14.5 Å². The molecule has 4 rings (SSSR count). The van der Waals surface area contributed by atoms with Crippen LogP contribution in [0.25, 0.3) is 22.4 Å². The van der Waals surface area contributed by atoms with Gasteiger partial charge < -0.3 is 14.8 Å². The molecule has 1 aliphatic heterocycles. The van der Waals surface area contributed by atoms with E-state index in [9.17, 15) is 9.59 Å². The molecule has 2 aromatic carbocycles. The number of rotatable bonds is 8. The Kier molecular flexibility index (Phi) is 7.17. The number of carbonyl (C=O) groups is 2. The Bertz CT molecular complexity index is 1200. The summed E-state index contributed by atoms with van der Waals surface area (Å²) in [6, 6.07) is 19.7. The van der Waals surface area contributed by atoms with Crippen molar-refractivity contribution in [1.82, 2.24) is 15.7 Å². The quantitative estimate of drug-likeness (QED) is 0.539. The number of carbonyl (C=O) groups excluding carboxylic acids is 2. The maximum Gasteiger partial charge on any atom is 0.267 e. The summed E-state index contributed by atoms with van der Waals surface area (Å²) >= 11 is 0. The number of amides is 2. The molecule has 0 unspecified atom stereocenters. The van der Waals surface area contributed by atoms with Crippen molar-refractivity contribution in [3.63, 3.8) is 0 Å². The number of nitrogens with zero attached hydrogens (tertiary/aromatic N) is 2. The van der Waals surface area contributed by atoms with Gasteiger partial charge in [0.2, 0.25) is 5.91 Å². The van der Waals surface area contributed by atoms with E-state index in [1.54, 1.807) is 14.2 Å². The van der Waals surface area contributed by atoms with E-state index < -0.39 is 0 Å². The molecule has 0 atom stereocenters. The fraction of sp³-hybridized carbons (Fsp3) is 0.231. The van der Waals surface area contributed by atoms with Crippen molar-refractivity contribution in [3.8, 4) is 33.9 Å². The number of nitrogens with one attached hydrogen (secondary N) is 2. The molecule has 2 N–H and O–H groups in total. The lowest BCUT2D eigenvalue weighted by atomic mass is 9.98. The van der Waals surface area contributed by atoms with Crippen LogP contribution in [0.3, 0.4) is 0 Å². The molecule has 8 nitrogen and oxygen atoms in total. The number of benzene rings is 2. The van der Waals surface area contributed by atoms with Crippen molar-refractivity contribution >= 4 is 17.5 Å². The Hall–Kier alpha value is -4.20. The standard InChI is InChI=1S/C26H26N4O4/c1-33-20-8-3-17(4-9-20)22-12-7-19(28-25(22)18-5-10-21(34-2)11-6-18)15-16-27-26(32)23-13-14-24(31)30-29-23/h3-12H,13-16H2,1-2H3,(H,27,32)(H,30,31). The summed E-state index contributed by atoms with van der Waals surface area (Å²) in [5, 5.41) is 6.69. The lowest BCUT2D eigenvalue weighted by Crippen LogP contribution is -2.37. The summed E-state index contributed by atoms with van der Waals surface area (Å²) in [6.45, 7) is 0.405. The molecule has 0 saturated heterocycles. The van der Waals surface area contributed by atoms with Gasteiger partial charge >= 0.3 is 0 Å². The van der Waals surface area contributed by atoms with Gasteiger partial charge in [-0.3, -0.25) is 14.6 Å². The van der Waals surface area contributed by atoms with Gasteiger partial charge in [-0.05, 0) is 48.0 Å². The van der Waals surface area contributed by atoms with Crippen LogP contribution in [0, 0.1) is 0 Å². The number of hydrazone groups is 1. The molecular formula is C26H26N4O4. The smallest absolute Gasteiger partial charge is 0.267 e. The van der Waals surface area contributed by atoms with E-state index in [1.165, 1.54) is 0 Å². The maximum atomic E-state index is 12.3. The minimum atomic E-state index is -0.273. The second-order valence-corrected chi connectivity index (χ2v) is 7.76. The largest absolute Gasteiger partial charge is 0.497 e. The van der Waals surface area contributed by atoms with E-state index >= 15 is 0 Å². The van der Waals surface area contributed by atoms with Gasteiger partial charge in [0, 0.05) is 42.6 Å². The maximum absolute atomic E-state index is 12.3. The second-order valence-electron chi connectivity index (χ2n) is 7.76. The lowest BCUT2D eigenvalue weighted by molar-refractivity contribution is -0.121. The zero-order valence-electron chi connectivity index (χ0n) is 19.1. The van der Waals surface area contributed by atoms with Crippen molar-refractivity contribution in [2.45, 2.75) is 19.3 Å². The normalized spacial score (nSPS) is 13.0. The molecule has 3 aromatic rings. The number of hydrogen-bond acceptors (Lipinski definition) is 6. The van der Waals surface area contributed by atoms with E-state index in [-0.39, 0.29) is 18.2 Å². The first-order chi connectivity index (χ1) is 16.6. The van der Waals surface area contributed by atoms with Crippen LogP contribution in [0.1, 0.15) is 18.5 Å². The van der Waals surface area contributed by atoms with Crippen molar-refractivity contribution in [1.29, 1.82) is 0 Å². The van der Waals surface area contributed by atoms with E-state index in [1.807, 2.05) is 60.7 Å². The number of pyridine rings is 1. The lowest BCUT2D eigenvalue weighted by Gasteiger charge is -2.14. The summed E-state index contributed by atoms with van der Waals surface area (Å²) in [6.07, 6.45) is 1.16. The zero-order chi connectivity index (χ0) is 23.9. The van der Waals surface area contributed by atoms with Crippen LogP contribution in [0.5, 0.6) is 11.5 Å². The fourth-order valence-corrected chi connectivity index (χ4v) is 3.66. The molecule has 0 fully saturated rings. The number of aromatic nitrogens is 1. The molecule has 2 amide bonds. The van der Waals surface area contributed by atoms with Crippen LogP contribution < -0.4 is 20.2 Å². The Balaban J connectivity index is 1.55. The SMILES string of the molecule is COc1ccc(-c2ccc(CCNC(=O)C3=NNC(=O)CC3)nc2-c2ccc(OC)cc2)cc1. The first kappa shape index (κ1) is 23.0. The highest BCUT2D eigenvalue weighted by Gasteiger charge is 2.18. The second kappa shape index (κ2) is 10.6. The van der Waals surface area contributed by atoms with E-state index in [0.29, 0.717) is 25.1 Å². The van der Waals surface area contributed by atoms with Crippen molar-refractivity contribution in [2.24, 2.45) is 5.10 Å². The van der Waals surface area contributed by atoms with E-state index in [2.05, 4.69) is 15.8 Å². The molecular weight excluding hydrogens is 432 g/mol. The Morgan fingerprint density at radius 2 is 1.56 bits per heavy atom. The third-order valence-corrected chi connectivity index (χ3v) is 5.55. The summed E-state index contributed by atoms with van der Waals surface area (Å²) in [4.78, 5) is 28.4. The van der Waals surface area contributed by atoms with Gasteiger partial charge in [-0.15, -0.1) is 0 Å². The predicted molar refractivity (Wildman–Crippen MR) is 130 cm³/mol.